The highest BCUT2D eigenvalue weighted by Crippen LogP contribution is 2.41. The standard InChI is InChI=1S/C24H23F3N2O5S/c1-3-5-16-18(11-10-17-19(16)34-29-20(17)24(25,26)27)33-13-4-12-32-15-8-6-14(7-9-15)23(2)21(30)28-22(31)35-23/h6-11H,3-5,12-13H2,1-2H3,(H,28,30,31). The van der Waals surface area contributed by atoms with Gasteiger partial charge < -0.3 is 14.0 Å². The number of hydrogen-bond donors (Lipinski definition) is 1. The number of nitrogens with one attached hydrogen (secondary N) is 1. The number of fused-ring (bicyclic) bond motifs is 1. The van der Waals surface area contributed by atoms with Crippen molar-refractivity contribution < 1.29 is 36.8 Å². The van der Waals surface area contributed by atoms with Crippen LogP contribution in [0.15, 0.2) is 40.9 Å². The minimum Gasteiger partial charge on any atom is -0.493 e. The highest BCUT2D eigenvalue weighted by atomic mass is 32.2. The van der Waals surface area contributed by atoms with Gasteiger partial charge in [0.15, 0.2) is 11.3 Å². The van der Waals surface area contributed by atoms with Gasteiger partial charge in [0.25, 0.3) is 5.24 Å². The number of carbonyl (C=O) groups is 2. The molecule has 1 saturated heterocycles. The van der Waals surface area contributed by atoms with Gasteiger partial charge >= 0.3 is 6.18 Å². The molecule has 1 N–H and O–H groups in total. The van der Waals surface area contributed by atoms with Crippen molar-refractivity contribution in [2.75, 3.05) is 13.2 Å². The van der Waals surface area contributed by atoms with Crippen LogP contribution in [-0.4, -0.2) is 29.5 Å². The number of benzene rings is 2. The van der Waals surface area contributed by atoms with E-state index in [2.05, 4.69) is 10.5 Å². The fourth-order valence-electron chi connectivity index (χ4n) is 3.83. The first-order chi connectivity index (χ1) is 16.6. The summed E-state index contributed by atoms with van der Waals surface area (Å²) in [6.45, 7) is 4.24. The van der Waals surface area contributed by atoms with E-state index in [0.717, 1.165) is 11.8 Å². The van der Waals surface area contributed by atoms with Crippen LogP contribution in [0.1, 0.15) is 43.5 Å². The summed E-state index contributed by atoms with van der Waals surface area (Å²) in [4.78, 5) is 23.6. The van der Waals surface area contributed by atoms with Gasteiger partial charge in [0.1, 0.15) is 16.2 Å². The molecule has 186 valence electrons. The van der Waals surface area contributed by atoms with Gasteiger partial charge in [-0.25, -0.2) is 0 Å². The quantitative estimate of drug-likeness (QED) is 0.363. The summed E-state index contributed by atoms with van der Waals surface area (Å²) in [5.41, 5.74) is 0.313. The van der Waals surface area contributed by atoms with Crippen molar-refractivity contribution in [1.82, 2.24) is 10.5 Å². The molecule has 2 heterocycles. The highest BCUT2D eigenvalue weighted by molar-refractivity contribution is 8.15. The SMILES string of the molecule is CCCc1c(OCCCOc2ccc(C3(C)SC(=O)NC3=O)cc2)ccc2c(C(F)(F)F)noc12. The average molecular weight is 509 g/mol. The average Bonchev–Trinajstić information content (AvgIpc) is 3.36. The Labute approximate surface area is 203 Å². The van der Waals surface area contributed by atoms with Crippen LogP contribution in [0.3, 0.4) is 0 Å². The lowest BCUT2D eigenvalue weighted by molar-refractivity contribution is -0.141. The number of aromatic nitrogens is 1. The third kappa shape index (κ3) is 5.09. The van der Waals surface area contributed by atoms with E-state index >= 15 is 0 Å². The lowest BCUT2D eigenvalue weighted by Crippen LogP contribution is -2.31. The van der Waals surface area contributed by atoms with Crippen LogP contribution in [0.25, 0.3) is 11.0 Å². The maximum absolute atomic E-state index is 13.1. The Morgan fingerprint density at radius 3 is 2.43 bits per heavy atom. The molecule has 4 rings (SSSR count). The van der Waals surface area contributed by atoms with Crippen molar-refractivity contribution in [3.05, 3.63) is 53.2 Å². The van der Waals surface area contributed by atoms with Crippen molar-refractivity contribution in [1.29, 1.82) is 0 Å². The summed E-state index contributed by atoms with van der Waals surface area (Å²) >= 11 is 0.942. The van der Waals surface area contributed by atoms with Gasteiger partial charge in [-0.05, 0) is 54.9 Å². The number of carbonyl (C=O) groups excluding carboxylic acids is 2. The van der Waals surface area contributed by atoms with E-state index in [4.69, 9.17) is 14.0 Å². The second kappa shape index (κ2) is 9.80. The number of alkyl halides is 3. The predicted molar refractivity (Wildman–Crippen MR) is 124 cm³/mol. The first kappa shape index (κ1) is 24.9. The summed E-state index contributed by atoms with van der Waals surface area (Å²) in [5, 5.41) is 5.06. The Hall–Kier alpha value is -3.21. The first-order valence-corrected chi connectivity index (χ1v) is 11.8. The van der Waals surface area contributed by atoms with Crippen LogP contribution in [0.4, 0.5) is 18.0 Å². The molecule has 1 atom stereocenters. The van der Waals surface area contributed by atoms with E-state index in [0.29, 0.717) is 48.5 Å². The Balaban J connectivity index is 1.33. The number of imide groups is 1. The molecule has 0 spiro atoms. The summed E-state index contributed by atoms with van der Waals surface area (Å²) in [6.07, 6.45) is -2.88. The Bertz CT molecular complexity index is 1240. The molecule has 1 unspecified atom stereocenters. The Kier molecular flexibility index (Phi) is 6.98. The minimum atomic E-state index is -4.59. The van der Waals surface area contributed by atoms with Crippen LogP contribution >= 0.6 is 11.8 Å². The van der Waals surface area contributed by atoms with Crippen molar-refractivity contribution >= 4 is 33.9 Å². The topological polar surface area (TPSA) is 90.7 Å². The maximum Gasteiger partial charge on any atom is 0.437 e. The van der Waals surface area contributed by atoms with Crippen LogP contribution < -0.4 is 14.8 Å². The molecule has 1 fully saturated rings. The molecular formula is C24H23F3N2O5S. The van der Waals surface area contributed by atoms with E-state index in [9.17, 15) is 22.8 Å². The van der Waals surface area contributed by atoms with Crippen LogP contribution in [0.2, 0.25) is 0 Å². The van der Waals surface area contributed by atoms with E-state index in [1.165, 1.54) is 12.1 Å². The molecule has 1 aromatic heterocycles. The molecule has 0 saturated carbocycles. The molecule has 1 aliphatic rings. The number of aryl methyl sites for hydroxylation is 1. The van der Waals surface area contributed by atoms with Gasteiger partial charge in [0.05, 0.1) is 18.6 Å². The molecule has 2 amide bonds. The molecular weight excluding hydrogens is 485 g/mol. The van der Waals surface area contributed by atoms with Gasteiger partial charge in [-0.2, -0.15) is 13.2 Å². The van der Waals surface area contributed by atoms with Crippen molar-refractivity contribution in [3.8, 4) is 11.5 Å². The van der Waals surface area contributed by atoms with Crippen molar-refractivity contribution in [3.63, 3.8) is 0 Å². The number of ether oxygens (including phenoxy) is 2. The lowest BCUT2D eigenvalue weighted by atomic mass is 9.99. The van der Waals surface area contributed by atoms with Gasteiger partial charge in [0, 0.05) is 12.0 Å². The summed E-state index contributed by atoms with van der Waals surface area (Å²) < 4.78 is 55.1. The third-order valence-electron chi connectivity index (χ3n) is 5.64. The second-order valence-electron chi connectivity index (χ2n) is 8.15. The molecule has 35 heavy (non-hydrogen) atoms. The third-order valence-corrected chi connectivity index (χ3v) is 6.75. The monoisotopic (exact) mass is 508 g/mol. The van der Waals surface area contributed by atoms with E-state index in [1.807, 2.05) is 6.92 Å². The maximum atomic E-state index is 13.1. The van der Waals surface area contributed by atoms with Gasteiger partial charge in [-0.15, -0.1) is 0 Å². The summed E-state index contributed by atoms with van der Waals surface area (Å²) in [5.74, 6) is 0.712. The normalized spacial score (nSPS) is 18.2. The van der Waals surface area contributed by atoms with Crippen LogP contribution in [-0.2, 0) is 22.1 Å². The largest absolute Gasteiger partial charge is 0.493 e. The summed E-state index contributed by atoms with van der Waals surface area (Å²) in [7, 11) is 0. The van der Waals surface area contributed by atoms with Gasteiger partial charge in [-0.3, -0.25) is 14.9 Å². The zero-order valence-corrected chi connectivity index (χ0v) is 19.8. The fourth-order valence-corrected chi connectivity index (χ4v) is 4.74. The van der Waals surface area contributed by atoms with Gasteiger partial charge in [0.2, 0.25) is 5.91 Å². The number of thioether (sulfide) groups is 1. The van der Waals surface area contributed by atoms with Crippen molar-refractivity contribution in [2.24, 2.45) is 0 Å². The Morgan fingerprint density at radius 2 is 1.80 bits per heavy atom. The van der Waals surface area contributed by atoms with Crippen molar-refractivity contribution in [2.45, 2.75) is 44.0 Å². The second-order valence-corrected chi connectivity index (χ2v) is 9.54. The molecule has 1 aliphatic heterocycles. The molecule has 0 bridgehead atoms. The first-order valence-electron chi connectivity index (χ1n) is 11.0. The highest BCUT2D eigenvalue weighted by Gasteiger charge is 2.45. The molecule has 2 aromatic carbocycles. The minimum absolute atomic E-state index is 0.0770. The zero-order chi connectivity index (χ0) is 25.2. The molecule has 0 aliphatic carbocycles. The smallest absolute Gasteiger partial charge is 0.437 e. The number of hydrogen-bond acceptors (Lipinski definition) is 7. The van der Waals surface area contributed by atoms with Crippen LogP contribution in [0, 0.1) is 0 Å². The van der Waals surface area contributed by atoms with Gasteiger partial charge in [-0.1, -0.05) is 30.6 Å². The predicted octanol–water partition coefficient (Wildman–Crippen LogP) is 5.85. The van der Waals surface area contributed by atoms with E-state index in [-0.39, 0.29) is 28.7 Å². The molecule has 3 aromatic rings. The fraction of sp³-hybridized carbons (Fsp3) is 0.375. The number of rotatable bonds is 9. The number of halogens is 3. The molecule has 0 radical (unpaired) electrons. The Morgan fingerprint density at radius 1 is 1.09 bits per heavy atom. The molecule has 7 nitrogen and oxygen atoms in total. The summed E-state index contributed by atoms with van der Waals surface area (Å²) in [6, 6.07) is 9.78. The van der Waals surface area contributed by atoms with E-state index < -0.39 is 16.6 Å². The van der Waals surface area contributed by atoms with E-state index in [1.54, 1.807) is 31.2 Å². The number of nitrogens with zero attached hydrogens (tertiary/aromatic N) is 1. The lowest BCUT2D eigenvalue weighted by Gasteiger charge is -2.19. The number of amides is 2. The van der Waals surface area contributed by atoms with Crippen LogP contribution in [0.5, 0.6) is 11.5 Å². The zero-order valence-electron chi connectivity index (χ0n) is 19.0. The molecule has 11 heteroatoms.